The van der Waals surface area contributed by atoms with Gasteiger partial charge in [0.15, 0.2) is 34.6 Å². The fourth-order valence-electron chi connectivity index (χ4n) is 3.34. The van der Waals surface area contributed by atoms with Gasteiger partial charge >= 0.3 is 5.97 Å². The Morgan fingerprint density at radius 2 is 1.39 bits per heavy atom. The van der Waals surface area contributed by atoms with Gasteiger partial charge in [-0.1, -0.05) is 24.3 Å². The maximum Gasteiger partial charge on any atom is 0.331 e. The number of nitrogens with zero attached hydrogens (tertiary/aromatic N) is 1. The van der Waals surface area contributed by atoms with E-state index in [1.165, 1.54) is 12.1 Å². The molecule has 7 N–H and O–H groups in total. The van der Waals surface area contributed by atoms with Crippen LogP contribution in [-0.2, 0) is 25.5 Å². The number of aldehydes is 1. The largest absolute Gasteiger partial charge is 0.480 e. The molecule has 33 heavy (non-hydrogen) atoms. The summed E-state index contributed by atoms with van der Waals surface area (Å²) in [5, 5.41) is 13.1. The highest BCUT2D eigenvalue weighted by Gasteiger charge is 2.61. The average Bonchev–Trinajstić information content (AvgIpc) is 2.79. The number of carboxylic acid groups (broad SMARTS) is 1. The van der Waals surface area contributed by atoms with Crippen LogP contribution in [0.15, 0.2) is 29.4 Å². The number of Topliss-reactive ketones (excluding diaryl/α,β-unsaturated/α-hetero) is 1. The molecular formula is C20H17F5N4O4. The number of carbonyl (C=O) groups excluding carboxylic acids is 2. The number of hydrazone groups is 1. The topological polar surface area (TPSA) is 162 Å². The molecule has 0 aliphatic rings. The van der Waals surface area contributed by atoms with Gasteiger partial charge in [-0.15, -0.1) is 0 Å². The van der Waals surface area contributed by atoms with Crippen LogP contribution < -0.4 is 17.3 Å². The third-order valence-electron chi connectivity index (χ3n) is 5.08. The number of nitrogens with two attached hydrogens (primary N) is 3. The summed E-state index contributed by atoms with van der Waals surface area (Å²) in [6.07, 6.45) is 0.166. The van der Waals surface area contributed by atoms with Crippen LogP contribution in [0, 0.1) is 29.1 Å². The molecule has 0 saturated heterocycles. The molecule has 0 fully saturated rings. The Morgan fingerprint density at radius 3 is 1.82 bits per heavy atom. The monoisotopic (exact) mass is 472 g/mol. The smallest absolute Gasteiger partial charge is 0.331 e. The van der Waals surface area contributed by atoms with Crippen LogP contribution in [0.3, 0.4) is 0 Å². The van der Waals surface area contributed by atoms with Crippen LogP contribution in [0.25, 0.3) is 0 Å². The molecule has 0 aromatic heterocycles. The van der Waals surface area contributed by atoms with E-state index in [4.69, 9.17) is 17.3 Å². The first kappa shape index (κ1) is 25.5. The molecule has 2 aromatic rings. The standard InChI is InChI=1S/C20H17F5N4O4/c21-13-12(14(22)16(24)17(25)15(13)23)20(27,18(32)33)19(26,11(31)2-1-7-30)10-5-3-9(4-6-10)8-29-28/h3-8H,1-2,26-28H2,(H,32,33). The maximum absolute atomic E-state index is 14.7. The lowest BCUT2D eigenvalue weighted by Crippen LogP contribution is -2.69. The Morgan fingerprint density at radius 1 is 0.909 bits per heavy atom. The van der Waals surface area contributed by atoms with Crippen molar-refractivity contribution in [1.82, 2.24) is 0 Å². The van der Waals surface area contributed by atoms with E-state index in [9.17, 15) is 41.4 Å². The molecule has 0 amide bonds. The lowest BCUT2D eigenvalue weighted by molar-refractivity contribution is -0.151. The van der Waals surface area contributed by atoms with Gasteiger partial charge in [-0.05, 0) is 11.1 Å². The zero-order valence-corrected chi connectivity index (χ0v) is 16.6. The third kappa shape index (κ3) is 3.96. The van der Waals surface area contributed by atoms with E-state index < -0.39 is 75.9 Å². The zero-order chi connectivity index (χ0) is 25.1. The highest BCUT2D eigenvalue weighted by molar-refractivity contribution is 5.99. The molecule has 2 atom stereocenters. The zero-order valence-electron chi connectivity index (χ0n) is 16.6. The van der Waals surface area contributed by atoms with Crippen LogP contribution in [0.1, 0.15) is 29.5 Å². The quantitative estimate of drug-likeness (QED) is 0.0814. The van der Waals surface area contributed by atoms with Crippen LogP contribution in [0.4, 0.5) is 22.0 Å². The van der Waals surface area contributed by atoms with Gasteiger partial charge in [0.05, 0.1) is 11.8 Å². The first-order valence-corrected chi connectivity index (χ1v) is 9.03. The molecule has 2 rings (SSSR count). The second-order valence-electron chi connectivity index (χ2n) is 6.89. The van der Waals surface area contributed by atoms with E-state index in [2.05, 4.69) is 5.10 Å². The lowest BCUT2D eigenvalue weighted by Gasteiger charge is -2.42. The molecule has 0 heterocycles. The number of hydrogen-bond donors (Lipinski definition) is 4. The van der Waals surface area contributed by atoms with Crippen molar-refractivity contribution in [2.24, 2.45) is 22.4 Å². The van der Waals surface area contributed by atoms with Crippen molar-refractivity contribution in [1.29, 1.82) is 0 Å². The van der Waals surface area contributed by atoms with Crippen molar-refractivity contribution in [2.75, 3.05) is 0 Å². The summed E-state index contributed by atoms with van der Waals surface area (Å²) in [5.74, 6) is -11.4. The summed E-state index contributed by atoms with van der Waals surface area (Å²) in [4.78, 5) is 36.1. The number of carbonyl (C=O) groups is 3. The fourth-order valence-corrected chi connectivity index (χ4v) is 3.34. The highest BCUT2D eigenvalue weighted by atomic mass is 19.2. The minimum absolute atomic E-state index is 0.274. The molecule has 2 unspecified atom stereocenters. The van der Waals surface area contributed by atoms with E-state index in [1.54, 1.807) is 0 Å². The van der Waals surface area contributed by atoms with Crippen molar-refractivity contribution in [3.63, 3.8) is 0 Å². The molecule has 0 radical (unpaired) electrons. The molecule has 8 nitrogen and oxygen atoms in total. The Hall–Kier alpha value is -3.71. The van der Waals surface area contributed by atoms with E-state index in [0.717, 1.165) is 18.3 Å². The molecule has 0 bridgehead atoms. The molecule has 2 aromatic carbocycles. The minimum Gasteiger partial charge on any atom is -0.480 e. The van der Waals surface area contributed by atoms with E-state index in [0.29, 0.717) is 5.56 Å². The van der Waals surface area contributed by atoms with Crippen molar-refractivity contribution in [3.8, 4) is 0 Å². The summed E-state index contributed by atoms with van der Waals surface area (Å²) >= 11 is 0. The van der Waals surface area contributed by atoms with Gasteiger partial charge < -0.3 is 27.2 Å². The van der Waals surface area contributed by atoms with Gasteiger partial charge in [0.1, 0.15) is 11.8 Å². The predicted molar refractivity (Wildman–Crippen MR) is 104 cm³/mol. The summed E-state index contributed by atoms with van der Waals surface area (Å²) in [6.45, 7) is 0. The Bertz CT molecular complexity index is 1110. The maximum atomic E-state index is 14.7. The van der Waals surface area contributed by atoms with Gasteiger partial charge in [-0.25, -0.2) is 26.7 Å². The second kappa shape index (κ2) is 9.42. The van der Waals surface area contributed by atoms with Crippen LogP contribution >= 0.6 is 0 Å². The minimum atomic E-state index is -3.71. The van der Waals surface area contributed by atoms with Crippen molar-refractivity contribution in [2.45, 2.75) is 23.9 Å². The van der Waals surface area contributed by atoms with E-state index in [1.807, 2.05) is 0 Å². The van der Waals surface area contributed by atoms with E-state index >= 15 is 0 Å². The van der Waals surface area contributed by atoms with Crippen LogP contribution in [0.5, 0.6) is 0 Å². The molecule has 13 heteroatoms. The van der Waals surface area contributed by atoms with Crippen molar-refractivity contribution < 1.29 is 41.4 Å². The molecule has 0 aliphatic carbocycles. The number of ketones is 1. The van der Waals surface area contributed by atoms with Gasteiger partial charge in [-0.2, -0.15) is 5.10 Å². The normalized spacial score (nSPS) is 15.1. The first-order valence-electron chi connectivity index (χ1n) is 9.03. The summed E-state index contributed by atoms with van der Waals surface area (Å²) in [6, 6.07) is 4.51. The van der Waals surface area contributed by atoms with Crippen molar-refractivity contribution in [3.05, 3.63) is 70.0 Å². The molecule has 0 saturated carbocycles. The highest BCUT2D eigenvalue weighted by Crippen LogP contribution is 2.42. The number of rotatable bonds is 9. The summed E-state index contributed by atoms with van der Waals surface area (Å²) in [7, 11) is 0. The van der Waals surface area contributed by atoms with E-state index in [-0.39, 0.29) is 6.29 Å². The van der Waals surface area contributed by atoms with Gasteiger partial charge in [0.25, 0.3) is 0 Å². The molecular weight excluding hydrogens is 455 g/mol. The fraction of sp³-hybridized carbons (Fsp3) is 0.200. The molecule has 0 spiro atoms. The number of aliphatic carboxylic acids is 1. The molecule has 0 aliphatic heterocycles. The Labute approximate surface area is 182 Å². The summed E-state index contributed by atoms with van der Waals surface area (Å²) in [5.41, 5.74) is 2.96. The average molecular weight is 472 g/mol. The van der Waals surface area contributed by atoms with Crippen LogP contribution in [-0.4, -0.2) is 29.4 Å². The number of hydrogen-bond acceptors (Lipinski definition) is 7. The number of benzene rings is 2. The second-order valence-corrected chi connectivity index (χ2v) is 6.89. The van der Waals surface area contributed by atoms with Crippen molar-refractivity contribution >= 4 is 24.3 Å². The van der Waals surface area contributed by atoms with Gasteiger partial charge in [0.2, 0.25) is 5.82 Å². The Kier molecular flexibility index (Phi) is 7.29. The number of halogens is 5. The van der Waals surface area contributed by atoms with Gasteiger partial charge in [0, 0.05) is 12.8 Å². The van der Waals surface area contributed by atoms with Gasteiger partial charge in [-0.3, -0.25) is 4.79 Å². The third-order valence-corrected chi connectivity index (χ3v) is 5.08. The van der Waals surface area contributed by atoms with Crippen LogP contribution in [0.2, 0.25) is 0 Å². The SMILES string of the molecule is NN=Cc1ccc(C(N)(C(=O)CCC=O)C(N)(C(=O)O)c2c(F)c(F)c(F)c(F)c2F)cc1. The number of carboxylic acids is 1. The lowest BCUT2D eigenvalue weighted by atomic mass is 9.65. The Balaban J connectivity index is 2.99. The summed E-state index contributed by atoms with van der Waals surface area (Å²) < 4.78 is 70.7. The first-order chi connectivity index (χ1) is 15.4. The molecule has 176 valence electrons. The predicted octanol–water partition coefficient (Wildman–Crippen LogP) is 1.32.